The molecule has 1 aliphatic heterocycles. The van der Waals surface area contributed by atoms with Crippen LogP contribution in [0.5, 0.6) is 0 Å². The average molecular weight is 493 g/mol. The molecule has 0 saturated carbocycles. The maximum absolute atomic E-state index is 13.3. The zero-order valence-electron chi connectivity index (χ0n) is 19.3. The molecule has 1 atom stereocenters. The smallest absolute Gasteiger partial charge is 0.323 e. The molecule has 0 aliphatic carbocycles. The van der Waals surface area contributed by atoms with Crippen molar-refractivity contribution in [1.82, 2.24) is 9.62 Å². The number of hydrogen-bond donors (Lipinski definition) is 2. The highest BCUT2D eigenvalue weighted by Crippen LogP contribution is 2.38. The number of nitrogens with zero attached hydrogens (tertiary/aromatic N) is 1. The Morgan fingerprint density at radius 1 is 1.15 bits per heavy atom. The Morgan fingerprint density at radius 3 is 2.33 bits per heavy atom. The Kier molecular flexibility index (Phi) is 8.58. The van der Waals surface area contributed by atoms with Crippen LogP contribution in [-0.2, 0) is 26.1 Å². The highest BCUT2D eigenvalue weighted by atomic mass is 32.2. The zero-order valence-corrected chi connectivity index (χ0v) is 20.9. The minimum atomic E-state index is -3.93. The Morgan fingerprint density at radius 2 is 1.76 bits per heavy atom. The van der Waals surface area contributed by atoms with Crippen LogP contribution in [0.1, 0.15) is 25.8 Å². The van der Waals surface area contributed by atoms with Crippen LogP contribution in [0.4, 0.5) is 0 Å². The second-order valence-electron chi connectivity index (χ2n) is 8.55. The minimum absolute atomic E-state index is 0.108. The molecule has 180 valence electrons. The number of sulfonamides is 1. The molecule has 2 aromatic carbocycles. The summed E-state index contributed by atoms with van der Waals surface area (Å²) in [4.78, 5) is 12.0. The van der Waals surface area contributed by atoms with Crippen LogP contribution < -0.4 is 5.32 Å². The van der Waals surface area contributed by atoms with Gasteiger partial charge in [-0.25, -0.2) is 8.42 Å². The largest absolute Gasteiger partial charge is 0.480 e. The summed E-state index contributed by atoms with van der Waals surface area (Å²) in [6.45, 7) is 6.14. The van der Waals surface area contributed by atoms with Crippen LogP contribution in [0, 0.1) is 0 Å². The number of ether oxygens (including phenoxy) is 1. The molecule has 0 amide bonds. The lowest BCUT2D eigenvalue weighted by Crippen LogP contribution is -2.58. The van der Waals surface area contributed by atoms with E-state index in [1.54, 1.807) is 45.2 Å². The van der Waals surface area contributed by atoms with Gasteiger partial charge in [-0.15, -0.1) is 0 Å². The highest BCUT2D eigenvalue weighted by molar-refractivity contribution is 8.00. The molecule has 1 aliphatic rings. The first kappa shape index (κ1) is 25.7. The van der Waals surface area contributed by atoms with E-state index >= 15 is 0 Å². The summed E-state index contributed by atoms with van der Waals surface area (Å²) in [7, 11) is -2.23. The van der Waals surface area contributed by atoms with Crippen LogP contribution in [-0.4, -0.2) is 67.1 Å². The SMILES string of the molecule is COCCCNCc1ccc(-c2ccc(S(=O)(=O)N3CCSC(C)(C)[C@@H]3C(=O)O)cc2)cc1. The summed E-state index contributed by atoms with van der Waals surface area (Å²) in [5, 5.41) is 13.1. The quantitative estimate of drug-likeness (QED) is 0.491. The summed E-state index contributed by atoms with van der Waals surface area (Å²) in [5.74, 6) is -0.567. The van der Waals surface area contributed by atoms with E-state index in [1.165, 1.54) is 17.3 Å². The molecule has 0 spiro atoms. The molecule has 2 aromatic rings. The minimum Gasteiger partial charge on any atom is -0.480 e. The van der Waals surface area contributed by atoms with Gasteiger partial charge in [0, 0.05) is 37.3 Å². The van der Waals surface area contributed by atoms with Gasteiger partial charge in [0.15, 0.2) is 0 Å². The number of methoxy groups -OCH3 is 1. The van der Waals surface area contributed by atoms with Crippen molar-refractivity contribution in [2.75, 3.05) is 32.6 Å². The summed E-state index contributed by atoms with van der Waals surface area (Å²) < 4.78 is 32.0. The summed E-state index contributed by atoms with van der Waals surface area (Å²) in [6.07, 6.45) is 0.963. The van der Waals surface area contributed by atoms with Gasteiger partial charge in [-0.2, -0.15) is 16.1 Å². The lowest BCUT2D eigenvalue weighted by atomic mass is 10.0. The third-order valence-electron chi connectivity index (χ3n) is 5.75. The van der Waals surface area contributed by atoms with Crippen molar-refractivity contribution in [3.05, 3.63) is 54.1 Å². The van der Waals surface area contributed by atoms with Gasteiger partial charge in [-0.05, 0) is 55.6 Å². The highest BCUT2D eigenvalue weighted by Gasteiger charge is 2.48. The number of carboxylic acid groups (broad SMARTS) is 1. The third kappa shape index (κ3) is 6.16. The molecule has 33 heavy (non-hydrogen) atoms. The monoisotopic (exact) mass is 492 g/mol. The predicted octanol–water partition coefficient (Wildman–Crippen LogP) is 3.45. The van der Waals surface area contributed by atoms with Gasteiger partial charge in [0.2, 0.25) is 10.0 Å². The Hall–Kier alpha value is -1.91. The number of nitrogens with one attached hydrogen (secondary N) is 1. The van der Waals surface area contributed by atoms with E-state index in [1.807, 2.05) is 24.3 Å². The fraction of sp³-hybridized carbons (Fsp3) is 0.458. The van der Waals surface area contributed by atoms with Crippen molar-refractivity contribution < 1.29 is 23.1 Å². The van der Waals surface area contributed by atoms with E-state index in [0.29, 0.717) is 5.75 Å². The van der Waals surface area contributed by atoms with Crippen LogP contribution in [0.25, 0.3) is 11.1 Å². The number of benzene rings is 2. The summed E-state index contributed by atoms with van der Waals surface area (Å²) in [6, 6.07) is 13.7. The Balaban J connectivity index is 1.72. The standard InChI is InChI=1S/C24H32N2O5S2/c1-24(2)22(23(27)28)26(14-16-32-24)33(29,30)21-11-9-20(10-12-21)19-7-5-18(6-8-19)17-25-13-4-15-31-3/h5-12,22,25H,4,13-17H2,1-3H3,(H,27,28)/t22-/m0/s1. The molecule has 1 fully saturated rings. The molecule has 9 heteroatoms. The molecule has 3 rings (SSSR count). The second-order valence-corrected chi connectivity index (χ2v) is 12.2. The van der Waals surface area contributed by atoms with Crippen molar-refractivity contribution in [1.29, 1.82) is 0 Å². The molecular weight excluding hydrogens is 460 g/mol. The van der Waals surface area contributed by atoms with Gasteiger partial charge in [0.05, 0.1) is 4.90 Å². The second kappa shape index (κ2) is 11.0. The third-order valence-corrected chi connectivity index (χ3v) is 8.98. The van der Waals surface area contributed by atoms with Crippen molar-refractivity contribution in [2.24, 2.45) is 0 Å². The van der Waals surface area contributed by atoms with Gasteiger partial charge in [-0.1, -0.05) is 36.4 Å². The van der Waals surface area contributed by atoms with Crippen molar-refractivity contribution in [3.8, 4) is 11.1 Å². The van der Waals surface area contributed by atoms with E-state index in [4.69, 9.17) is 4.74 Å². The molecule has 7 nitrogen and oxygen atoms in total. The van der Waals surface area contributed by atoms with Crippen molar-refractivity contribution in [2.45, 2.75) is 42.5 Å². The fourth-order valence-electron chi connectivity index (χ4n) is 3.98. The average Bonchev–Trinajstić information content (AvgIpc) is 2.78. The van der Waals surface area contributed by atoms with Gasteiger partial charge < -0.3 is 15.2 Å². The van der Waals surface area contributed by atoms with Gasteiger partial charge in [0.1, 0.15) is 6.04 Å². The Labute approximate surface area is 200 Å². The molecule has 1 heterocycles. The zero-order chi connectivity index (χ0) is 24.1. The molecule has 0 bridgehead atoms. The maximum Gasteiger partial charge on any atom is 0.323 e. The first-order valence-electron chi connectivity index (χ1n) is 10.9. The molecule has 2 N–H and O–H groups in total. The fourth-order valence-corrected chi connectivity index (χ4v) is 7.07. The lowest BCUT2D eigenvalue weighted by Gasteiger charge is -2.42. The van der Waals surface area contributed by atoms with Crippen LogP contribution in [0.3, 0.4) is 0 Å². The molecule has 0 radical (unpaired) electrons. The Bertz CT molecular complexity index is 1040. The molecule has 0 aromatic heterocycles. The number of aliphatic carboxylic acids is 1. The van der Waals surface area contributed by atoms with E-state index in [0.717, 1.165) is 41.5 Å². The van der Waals surface area contributed by atoms with E-state index < -0.39 is 26.8 Å². The van der Waals surface area contributed by atoms with E-state index in [-0.39, 0.29) is 11.4 Å². The van der Waals surface area contributed by atoms with E-state index in [2.05, 4.69) is 5.32 Å². The number of carboxylic acids is 1. The molecular formula is C24H32N2O5S2. The van der Waals surface area contributed by atoms with Crippen LogP contribution in [0.15, 0.2) is 53.4 Å². The topological polar surface area (TPSA) is 95.9 Å². The number of hydrogen-bond acceptors (Lipinski definition) is 6. The van der Waals surface area contributed by atoms with Gasteiger partial charge in [0.25, 0.3) is 0 Å². The van der Waals surface area contributed by atoms with Crippen molar-refractivity contribution >= 4 is 27.8 Å². The summed E-state index contributed by atoms with van der Waals surface area (Å²) in [5.41, 5.74) is 3.06. The van der Waals surface area contributed by atoms with Gasteiger partial charge in [-0.3, -0.25) is 4.79 Å². The number of thioether (sulfide) groups is 1. The molecule has 1 saturated heterocycles. The predicted molar refractivity (Wildman–Crippen MR) is 132 cm³/mol. The van der Waals surface area contributed by atoms with E-state index in [9.17, 15) is 18.3 Å². The van der Waals surface area contributed by atoms with Crippen LogP contribution >= 0.6 is 11.8 Å². The van der Waals surface area contributed by atoms with Gasteiger partial charge >= 0.3 is 5.97 Å². The number of rotatable bonds is 10. The first-order valence-corrected chi connectivity index (χ1v) is 13.4. The number of carbonyl (C=O) groups is 1. The van der Waals surface area contributed by atoms with Crippen molar-refractivity contribution in [3.63, 3.8) is 0 Å². The van der Waals surface area contributed by atoms with Crippen LogP contribution in [0.2, 0.25) is 0 Å². The molecule has 0 unspecified atom stereocenters. The lowest BCUT2D eigenvalue weighted by molar-refractivity contribution is -0.142. The first-order chi connectivity index (χ1) is 15.7. The summed E-state index contributed by atoms with van der Waals surface area (Å²) >= 11 is 1.48. The normalized spacial score (nSPS) is 18.8. The maximum atomic E-state index is 13.3.